The van der Waals surface area contributed by atoms with Crippen LogP contribution in [0.15, 0.2) is 88.4 Å². The smallest absolute Gasteiger partial charge is 0.0703 e. The number of halogens is 1. The summed E-state index contributed by atoms with van der Waals surface area (Å²) in [6.07, 6.45) is 0. The first kappa shape index (κ1) is 15.5. The Morgan fingerprint density at radius 1 is 0.783 bits per heavy atom. The first-order valence-electron chi connectivity index (χ1n) is 7.45. The number of hydrazone groups is 1. The fourth-order valence-corrected chi connectivity index (χ4v) is 2.67. The van der Waals surface area contributed by atoms with Crippen molar-refractivity contribution >= 4 is 27.3 Å². The highest BCUT2D eigenvalue weighted by atomic mass is 79.9. The van der Waals surface area contributed by atoms with Crippen LogP contribution in [0.5, 0.6) is 0 Å². The number of hydrogen-bond acceptors (Lipinski definition) is 2. The van der Waals surface area contributed by atoms with Gasteiger partial charge < -0.3 is 0 Å². The highest BCUT2D eigenvalue weighted by molar-refractivity contribution is 9.10. The van der Waals surface area contributed by atoms with Crippen molar-refractivity contribution < 1.29 is 0 Å². The molecule has 0 heterocycles. The van der Waals surface area contributed by atoms with Crippen LogP contribution < -0.4 is 5.43 Å². The van der Waals surface area contributed by atoms with Gasteiger partial charge >= 0.3 is 0 Å². The van der Waals surface area contributed by atoms with Crippen molar-refractivity contribution in [3.63, 3.8) is 0 Å². The van der Waals surface area contributed by atoms with Gasteiger partial charge in [0.05, 0.1) is 11.4 Å². The zero-order valence-corrected chi connectivity index (χ0v) is 14.4. The van der Waals surface area contributed by atoms with E-state index in [1.807, 2.05) is 37.3 Å². The number of para-hydroxylation sites is 1. The Morgan fingerprint density at radius 2 is 1.39 bits per heavy atom. The molecule has 0 unspecified atom stereocenters. The summed E-state index contributed by atoms with van der Waals surface area (Å²) < 4.78 is 0.996. The lowest BCUT2D eigenvalue weighted by molar-refractivity contribution is 1.31. The summed E-state index contributed by atoms with van der Waals surface area (Å²) in [6.45, 7) is 2.00. The average Bonchev–Trinajstić information content (AvgIpc) is 2.62. The molecule has 0 amide bonds. The summed E-state index contributed by atoms with van der Waals surface area (Å²) in [5.74, 6) is 0. The van der Waals surface area contributed by atoms with Crippen molar-refractivity contribution in [2.24, 2.45) is 5.10 Å². The number of rotatable bonds is 4. The highest BCUT2D eigenvalue weighted by Gasteiger charge is 2.01. The SMILES string of the molecule is C/C(=N/Nc1ccccc1Br)c1ccc(-c2ccccc2)cc1. The molecule has 0 bridgehead atoms. The van der Waals surface area contributed by atoms with Crippen molar-refractivity contribution in [3.8, 4) is 11.1 Å². The molecule has 3 heteroatoms. The van der Waals surface area contributed by atoms with Crippen LogP contribution in [-0.4, -0.2) is 5.71 Å². The van der Waals surface area contributed by atoms with Crippen molar-refractivity contribution in [2.75, 3.05) is 5.43 Å². The molecular formula is C20H17BrN2. The number of nitrogens with zero attached hydrogens (tertiary/aromatic N) is 1. The normalized spacial score (nSPS) is 11.3. The van der Waals surface area contributed by atoms with Gasteiger partial charge in [-0.25, -0.2) is 0 Å². The van der Waals surface area contributed by atoms with E-state index in [0.717, 1.165) is 21.4 Å². The lowest BCUT2D eigenvalue weighted by Gasteiger charge is -2.07. The number of nitrogens with one attached hydrogen (secondary N) is 1. The Labute approximate surface area is 145 Å². The van der Waals surface area contributed by atoms with Crippen LogP contribution >= 0.6 is 15.9 Å². The summed E-state index contributed by atoms with van der Waals surface area (Å²) >= 11 is 3.51. The minimum atomic E-state index is 0.945. The molecule has 0 saturated carbocycles. The summed E-state index contributed by atoms with van der Waals surface area (Å²) in [6, 6.07) is 26.8. The molecular weight excluding hydrogens is 348 g/mol. The number of benzene rings is 3. The molecule has 114 valence electrons. The van der Waals surface area contributed by atoms with Gasteiger partial charge in [0.1, 0.15) is 0 Å². The maximum atomic E-state index is 4.46. The van der Waals surface area contributed by atoms with Crippen molar-refractivity contribution in [3.05, 3.63) is 88.9 Å². The fraction of sp³-hybridized carbons (Fsp3) is 0.0500. The third-order valence-electron chi connectivity index (χ3n) is 3.63. The lowest BCUT2D eigenvalue weighted by Crippen LogP contribution is -2.00. The molecule has 2 nitrogen and oxygen atoms in total. The van der Waals surface area contributed by atoms with Crippen LogP contribution in [0.4, 0.5) is 5.69 Å². The molecule has 3 aromatic carbocycles. The van der Waals surface area contributed by atoms with E-state index < -0.39 is 0 Å². The monoisotopic (exact) mass is 364 g/mol. The molecule has 3 rings (SSSR count). The third kappa shape index (κ3) is 3.88. The van der Waals surface area contributed by atoms with Gasteiger partial charge in [-0.3, -0.25) is 5.43 Å². The van der Waals surface area contributed by atoms with Crippen LogP contribution in [0.1, 0.15) is 12.5 Å². The minimum Gasteiger partial charge on any atom is -0.277 e. The highest BCUT2D eigenvalue weighted by Crippen LogP contribution is 2.22. The van der Waals surface area contributed by atoms with Gasteiger partial charge in [-0.15, -0.1) is 0 Å². The second-order valence-corrected chi connectivity index (χ2v) is 6.09. The van der Waals surface area contributed by atoms with Crippen LogP contribution in [0.2, 0.25) is 0 Å². The molecule has 0 atom stereocenters. The topological polar surface area (TPSA) is 24.4 Å². The maximum absolute atomic E-state index is 4.46. The first-order chi connectivity index (χ1) is 11.2. The second-order valence-electron chi connectivity index (χ2n) is 5.23. The molecule has 0 aromatic heterocycles. The first-order valence-corrected chi connectivity index (χ1v) is 8.24. The Balaban J connectivity index is 1.76. The molecule has 0 aliphatic rings. The Morgan fingerprint density at radius 3 is 2.09 bits per heavy atom. The zero-order valence-electron chi connectivity index (χ0n) is 12.8. The van der Waals surface area contributed by atoms with Gasteiger partial charge in [0.25, 0.3) is 0 Å². The molecule has 0 aliphatic carbocycles. The van der Waals surface area contributed by atoms with Crippen molar-refractivity contribution in [1.29, 1.82) is 0 Å². The Kier molecular flexibility index (Phi) is 4.89. The van der Waals surface area contributed by atoms with Crippen LogP contribution in [-0.2, 0) is 0 Å². The van der Waals surface area contributed by atoms with E-state index in [9.17, 15) is 0 Å². The van der Waals surface area contributed by atoms with E-state index >= 15 is 0 Å². The zero-order chi connectivity index (χ0) is 16.1. The molecule has 1 N–H and O–H groups in total. The summed E-state index contributed by atoms with van der Waals surface area (Å²) in [5.41, 5.74) is 8.53. The van der Waals surface area contributed by atoms with E-state index in [1.165, 1.54) is 11.1 Å². The molecule has 0 aliphatic heterocycles. The van der Waals surface area contributed by atoms with Gasteiger partial charge in [-0.05, 0) is 51.7 Å². The molecule has 0 saturated heterocycles. The van der Waals surface area contributed by atoms with E-state index in [-0.39, 0.29) is 0 Å². The van der Waals surface area contributed by atoms with Crippen molar-refractivity contribution in [2.45, 2.75) is 6.92 Å². The van der Waals surface area contributed by atoms with Crippen LogP contribution in [0, 0.1) is 0 Å². The van der Waals surface area contributed by atoms with Gasteiger partial charge in [0.2, 0.25) is 0 Å². The molecule has 23 heavy (non-hydrogen) atoms. The third-order valence-corrected chi connectivity index (χ3v) is 4.32. The number of hydrogen-bond donors (Lipinski definition) is 1. The quantitative estimate of drug-likeness (QED) is 0.448. The van der Waals surface area contributed by atoms with E-state index in [4.69, 9.17) is 0 Å². The minimum absolute atomic E-state index is 0.945. The Bertz CT molecular complexity index is 809. The lowest BCUT2D eigenvalue weighted by atomic mass is 10.0. The largest absolute Gasteiger partial charge is 0.277 e. The predicted octanol–water partition coefficient (Wildman–Crippen LogP) is 5.95. The van der Waals surface area contributed by atoms with Gasteiger partial charge in [-0.2, -0.15) is 5.10 Å². The maximum Gasteiger partial charge on any atom is 0.0703 e. The molecule has 0 fully saturated rings. The van der Waals surface area contributed by atoms with Gasteiger partial charge in [0.15, 0.2) is 0 Å². The van der Waals surface area contributed by atoms with Crippen LogP contribution in [0.25, 0.3) is 11.1 Å². The molecule has 3 aromatic rings. The fourth-order valence-electron chi connectivity index (χ4n) is 2.29. The van der Waals surface area contributed by atoms with Crippen molar-refractivity contribution in [1.82, 2.24) is 0 Å². The second kappa shape index (κ2) is 7.25. The number of anilines is 1. The summed E-state index contributed by atoms with van der Waals surface area (Å²) in [4.78, 5) is 0. The summed E-state index contributed by atoms with van der Waals surface area (Å²) in [7, 11) is 0. The Hall–Kier alpha value is -2.39. The van der Waals surface area contributed by atoms with Crippen LogP contribution in [0.3, 0.4) is 0 Å². The van der Waals surface area contributed by atoms with Gasteiger partial charge in [-0.1, -0.05) is 66.7 Å². The van der Waals surface area contributed by atoms with E-state index in [0.29, 0.717) is 0 Å². The van der Waals surface area contributed by atoms with E-state index in [2.05, 4.69) is 75.0 Å². The molecule has 0 radical (unpaired) electrons. The van der Waals surface area contributed by atoms with Gasteiger partial charge in [0, 0.05) is 4.47 Å². The standard InChI is InChI=1S/C20H17BrN2/c1-15(22-23-20-10-6-5-9-19(20)21)16-11-13-18(14-12-16)17-7-3-2-4-8-17/h2-14,23H,1H3/b22-15-. The summed E-state index contributed by atoms with van der Waals surface area (Å²) in [5, 5.41) is 4.46. The van der Waals surface area contributed by atoms with E-state index in [1.54, 1.807) is 0 Å². The average molecular weight is 365 g/mol. The predicted molar refractivity (Wildman–Crippen MR) is 102 cm³/mol. The molecule has 0 spiro atoms.